The normalized spacial score (nSPS) is 11.4. The third-order valence-electron chi connectivity index (χ3n) is 3.62. The topological polar surface area (TPSA) is 125 Å². The number of rotatable bonds is 8. The van der Waals surface area contributed by atoms with Crippen molar-refractivity contribution in [2.45, 2.75) is 11.8 Å². The number of carbonyl (C=O) groups excluding carboxylic acids is 2. The maximum atomic E-state index is 12.3. The number of benzene rings is 2. The lowest BCUT2D eigenvalue weighted by atomic mass is 10.2. The Bertz CT molecular complexity index is 930. The summed E-state index contributed by atoms with van der Waals surface area (Å²) in [5, 5.41) is 13.3. The zero-order chi connectivity index (χ0) is 20.7. The first-order valence-electron chi connectivity index (χ1n) is 8.14. The molecule has 0 unspecified atom stereocenters. The van der Waals surface area contributed by atoms with Crippen molar-refractivity contribution in [3.05, 3.63) is 58.1 Å². The van der Waals surface area contributed by atoms with Crippen LogP contribution >= 0.6 is 0 Å². The van der Waals surface area contributed by atoms with Crippen LogP contribution in [0.15, 0.2) is 47.4 Å². The molecule has 0 heterocycles. The van der Waals surface area contributed by atoms with Crippen molar-refractivity contribution in [3.63, 3.8) is 0 Å². The second-order valence-electron chi connectivity index (χ2n) is 5.40. The highest BCUT2D eigenvalue weighted by Crippen LogP contribution is 2.28. The first kappa shape index (κ1) is 21.0. The number of nitro benzene ring substituents is 1. The average Bonchev–Trinajstić information content (AvgIpc) is 2.71. The second kappa shape index (κ2) is 9.60. The van der Waals surface area contributed by atoms with E-state index in [1.54, 1.807) is 25.1 Å². The minimum Gasteiger partial charge on any atom is -0.495 e. The molecule has 0 spiro atoms. The number of non-ortho nitro benzene ring substituents is 1. The molecule has 0 aliphatic heterocycles. The van der Waals surface area contributed by atoms with E-state index in [0.29, 0.717) is 10.6 Å². The molecular weight excluding hydrogens is 388 g/mol. The minimum absolute atomic E-state index is 0.0743. The molecule has 0 radical (unpaired) electrons. The molecule has 2 aromatic rings. The van der Waals surface area contributed by atoms with E-state index >= 15 is 0 Å². The van der Waals surface area contributed by atoms with Gasteiger partial charge in [0.15, 0.2) is 6.61 Å². The van der Waals surface area contributed by atoms with Gasteiger partial charge < -0.3 is 14.8 Å². The summed E-state index contributed by atoms with van der Waals surface area (Å²) in [5.41, 5.74) is -0.0438. The van der Waals surface area contributed by atoms with Gasteiger partial charge in [0.2, 0.25) is 0 Å². The summed E-state index contributed by atoms with van der Waals surface area (Å²) in [6.45, 7) is 1.09. The molecule has 0 saturated carbocycles. The van der Waals surface area contributed by atoms with Crippen LogP contribution in [0.5, 0.6) is 5.75 Å². The molecule has 0 bridgehead atoms. The van der Waals surface area contributed by atoms with Crippen LogP contribution in [0.4, 0.5) is 11.4 Å². The van der Waals surface area contributed by atoms with Gasteiger partial charge in [0.05, 0.1) is 39.0 Å². The molecule has 1 amide bonds. The van der Waals surface area contributed by atoms with Crippen molar-refractivity contribution in [3.8, 4) is 5.75 Å². The number of methoxy groups -OCH3 is 1. The third-order valence-corrected chi connectivity index (χ3v) is 4.99. The summed E-state index contributed by atoms with van der Waals surface area (Å²) in [5.74, 6) is -0.953. The van der Waals surface area contributed by atoms with E-state index in [4.69, 9.17) is 9.47 Å². The lowest BCUT2D eigenvalue weighted by molar-refractivity contribution is -0.384. The zero-order valence-electron chi connectivity index (χ0n) is 15.2. The summed E-state index contributed by atoms with van der Waals surface area (Å²) in [6, 6.07) is 9.99. The SMILES string of the molecule is CC[S@](=O)c1ccccc1C(=O)OCC(=O)Nc1cc([N+](=O)[O-])ccc1OC. The number of nitrogens with one attached hydrogen (secondary N) is 1. The van der Waals surface area contributed by atoms with Gasteiger partial charge in [-0.2, -0.15) is 0 Å². The van der Waals surface area contributed by atoms with Crippen LogP contribution < -0.4 is 10.1 Å². The fraction of sp³-hybridized carbons (Fsp3) is 0.222. The predicted octanol–water partition coefficient (Wildman–Crippen LogP) is 2.53. The number of carbonyl (C=O) groups is 2. The molecule has 0 aliphatic rings. The molecule has 1 atom stereocenters. The molecule has 1 N–H and O–H groups in total. The first-order chi connectivity index (χ1) is 13.4. The molecule has 0 saturated heterocycles. The number of nitro groups is 1. The van der Waals surface area contributed by atoms with Gasteiger partial charge in [-0.3, -0.25) is 19.1 Å². The Morgan fingerprint density at radius 1 is 1.21 bits per heavy atom. The Morgan fingerprint density at radius 2 is 1.93 bits per heavy atom. The maximum absolute atomic E-state index is 12.3. The summed E-state index contributed by atoms with van der Waals surface area (Å²) in [7, 11) is -0.0127. The fourth-order valence-electron chi connectivity index (χ4n) is 2.29. The predicted molar refractivity (Wildman–Crippen MR) is 102 cm³/mol. The molecule has 2 aromatic carbocycles. The maximum Gasteiger partial charge on any atom is 0.339 e. The van der Waals surface area contributed by atoms with Gasteiger partial charge in [-0.1, -0.05) is 19.1 Å². The van der Waals surface area contributed by atoms with Crippen molar-refractivity contribution >= 4 is 34.1 Å². The number of anilines is 1. The summed E-state index contributed by atoms with van der Waals surface area (Å²) >= 11 is 0. The monoisotopic (exact) mass is 406 g/mol. The van der Waals surface area contributed by atoms with Crippen LogP contribution in [-0.2, 0) is 20.3 Å². The van der Waals surface area contributed by atoms with Crippen LogP contribution in [0.25, 0.3) is 0 Å². The highest BCUT2D eigenvalue weighted by molar-refractivity contribution is 7.85. The van der Waals surface area contributed by atoms with Crippen LogP contribution in [0, 0.1) is 10.1 Å². The fourth-order valence-corrected chi connectivity index (χ4v) is 3.23. The van der Waals surface area contributed by atoms with Gasteiger partial charge in [0.1, 0.15) is 5.75 Å². The van der Waals surface area contributed by atoms with E-state index in [2.05, 4.69) is 5.32 Å². The van der Waals surface area contributed by atoms with Gasteiger partial charge in [-0.15, -0.1) is 0 Å². The molecule has 148 valence electrons. The Kier molecular flexibility index (Phi) is 7.21. The lowest BCUT2D eigenvalue weighted by Crippen LogP contribution is -2.22. The Morgan fingerprint density at radius 3 is 2.57 bits per heavy atom. The van der Waals surface area contributed by atoms with Crippen molar-refractivity contribution in [1.82, 2.24) is 0 Å². The van der Waals surface area contributed by atoms with Crippen LogP contribution in [0.3, 0.4) is 0 Å². The van der Waals surface area contributed by atoms with Crippen LogP contribution in [0.2, 0.25) is 0 Å². The Hall–Kier alpha value is -3.27. The van der Waals surface area contributed by atoms with Crippen LogP contribution in [0.1, 0.15) is 17.3 Å². The van der Waals surface area contributed by atoms with Crippen molar-refractivity contribution in [1.29, 1.82) is 0 Å². The molecule has 10 heteroatoms. The Balaban J connectivity index is 2.07. The van der Waals surface area contributed by atoms with E-state index in [1.165, 1.54) is 25.3 Å². The van der Waals surface area contributed by atoms with E-state index in [9.17, 15) is 23.9 Å². The smallest absolute Gasteiger partial charge is 0.339 e. The summed E-state index contributed by atoms with van der Waals surface area (Å²) in [4.78, 5) is 35.0. The first-order valence-corrected chi connectivity index (χ1v) is 9.46. The van der Waals surface area contributed by atoms with E-state index in [1.807, 2.05) is 0 Å². The number of hydrogen-bond donors (Lipinski definition) is 1. The van der Waals surface area contributed by atoms with Gasteiger partial charge in [-0.25, -0.2) is 4.79 Å². The quantitative estimate of drug-likeness (QED) is 0.406. The number of nitrogens with zero attached hydrogens (tertiary/aromatic N) is 1. The van der Waals surface area contributed by atoms with Gasteiger partial charge in [0, 0.05) is 17.9 Å². The van der Waals surface area contributed by atoms with Gasteiger partial charge >= 0.3 is 5.97 Å². The van der Waals surface area contributed by atoms with Gasteiger partial charge in [-0.05, 0) is 18.2 Å². The number of amides is 1. The van der Waals surface area contributed by atoms with E-state index < -0.39 is 34.2 Å². The largest absolute Gasteiger partial charge is 0.495 e. The third kappa shape index (κ3) is 5.13. The zero-order valence-corrected chi connectivity index (χ0v) is 16.0. The van der Waals surface area contributed by atoms with E-state index in [0.717, 1.165) is 6.07 Å². The van der Waals surface area contributed by atoms with Crippen LogP contribution in [-0.4, -0.2) is 40.5 Å². The molecule has 0 aliphatic carbocycles. The summed E-state index contributed by atoms with van der Waals surface area (Å²) < 4.78 is 22.1. The highest BCUT2D eigenvalue weighted by atomic mass is 32.2. The van der Waals surface area contributed by atoms with E-state index in [-0.39, 0.29) is 22.7 Å². The van der Waals surface area contributed by atoms with Crippen molar-refractivity contribution in [2.75, 3.05) is 24.8 Å². The standard InChI is InChI=1S/C18H18N2O7S/c1-3-28(25)16-7-5-4-6-13(16)18(22)27-11-17(21)19-14-10-12(20(23)24)8-9-15(14)26-2/h4-10H,3,11H2,1-2H3,(H,19,21)/t28-/m0/s1. The molecule has 9 nitrogen and oxygen atoms in total. The van der Waals surface area contributed by atoms with Crippen molar-refractivity contribution < 1.29 is 28.2 Å². The number of ether oxygens (including phenoxy) is 2. The molecule has 28 heavy (non-hydrogen) atoms. The summed E-state index contributed by atoms with van der Waals surface area (Å²) in [6.07, 6.45) is 0. The lowest BCUT2D eigenvalue weighted by Gasteiger charge is -2.11. The number of esters is 1. The Labute approximate surface area is 163 Å². The minimum atomic E-state index is -1.36. The average molecular weight is 406 g/mol. The molecule has 0 aromatic heterocycles. The second-order valence-corrected chi connectivity index (χ2v) is 7.10. The number of hydrogen-bond acceptors (Lipinski definition) is 7. The van der Waals surface area contributed by atoms with Gasteiger partial charge in [0.25, 0.3) is 11.6 Å². The molecule has 0 fully saturated rings. The van der Waals surface area contributed by atoms with Crippen molar-refractivity contribution in [2.24, 2.45) is 0 Å². The molecular formula is C18H18N2O7S. The highest BCUT2D eigenvalue weighted by Gasteiger charge is 2.18. The molecule has 2 rings (SSSR count).